The molecule has 0 radical (unpaired) electrons. The number of hydrogen-bond acceptors (Lipinski definition) is 2. The van der Waals surface area contributed by atoms with Crippen molar-refractivity contribution in [3.63, 3.8) is 0 Å². The normalized spacial score (nSPS) is 12.0. The van der Waals surface area contributed by atoms with E-state index in [4.69, 9.17) is 5.73 Å². The molecule has 3 N–H and O–H groups in total. The Labute approximate surface area is 121 Å². The fraction of sp³-hybridized carbons (Fsp3) is 0.188. The third-order valence-corrected chi connectivity index (χ3v) is 3.13. The highest BCUT2D eigenvalue weighted by atomic mass is 19.1. The topological polar surface area (TPSA) is 55.1 Å². The number of halogens is 2. The summed E-state index contributed by atoms with van der Waals surface area (Å²) in [6.45, 7) is 0. The Morgan fingerprint density at radius 3 is 2.29 bits per heavy atom. The highest BCUT2D eigenvalue weighted by molar-refractivity contribution is 5.94. The molecule has 0 unspecified atom stereocenters. The van der Waals surface area contributed by atoms with Gasteiger partial charge < -0.3 is 11.1 Å². The Bertz CT molecular complexity index is 597. The minimum Gasteiger partial charge on any atom is -0.320 e. The van der Waals surface area contributed by atoms with E-state index in [-0.39, 0.29) is 0 Å². The molecule has 2 aromatic rings. The second kappa shape index (κ2) is 6.95. The molecule has 0 spiro atoms. The molecule has 0 saturated carbocycles. The van der Waals surface area contributed by atoms with Crippen molar-refractivity contribution in [2.75, 3.05) is 5.32 Å². The molecular weight excluding hydrogens is 274 g/mol. The third kappa shape index (κ3) is 4.10. The predicted molar refractivity (Wildman–Crippen MR) is 77.7 cm³/mol. The molecule has 1 atom stereocenters. The number of amides is 1. The van der Waals surface area contributed by atoms with Gasteiger partial charge in [-0.1, -0.05) is 36.4 Å². The van der Waals surface area contributed by atoms with Crippen molar-refractivity contribution < 1.29 is 13.6 Å². The summed E-state index contributed by atoms with van der Waals surface area (Å²) >= 11 is 0. The maximum Gasteiger partial charge on any atom is 0.241 e. The van der Waals surface area contributed by atoms with E-state index in [9.17, 15) is 13.6 Å². The van der Waals surface area contributed by atoms with Gasteiger partial charge in [-0.05, 0) is 30.5 Å². The number of benzene rings is 2. The minimum absolute atomic E-state index is 0.395. The van der Waals surface area contributed by atoms with Crippen molar-refractivity contribution in [1.29, 1.82) is 0 Å². The summed E-state index contributed by atoms with van der Waals surface area (Å²) in [4.78, 5) is 11.9. The molecule has 2 rings (SSSR count). The van der Waals surface area contributed by atoms with E-state index in [2.05, 4.69) is 5.32 Å². The van der Waals surface area contributed by atoms with Crippen LogP contribution in [0.5, 0.6) is 0 Å². The maximum absolute atomic E-state index is 13.4. The van der Waals surface area contributed by atoms with Crippen LogP contribution >= 0.6 is 0 Å². The summed E-state index contributed by atoms with van der Waals surface area (Å²) in [5, 5.41) is 2.20. The molecule has 0 aliphatic rings. The first-order chi connectivity index (χ1) is 10.1. The average Bonchev–Trinajstić information content (AvgIpc) is 2.49. The molecule has 0 aliphatic heterocycles. The van der Waals surface area contributed by atoms with E-state index in [1.807, 2.05) is 30.3 Å². The van der Waals surface area contributed by atoms with Gasteiger partial charge in [0.05, 0.1) is 6.04 Å². The first kappa shape index (κ1) is 15.1. The lowest BCUT2D eigenvalue weighted by molar-refractivity contribution is -0.117. The van der Waals surface area contributed by atoms with E-state index >= 15 is 0 Å². The molecule has 0 heterocycles. The van der Waals surface area contributed by atoms with E-state index in [1.165, 1.54) is 6.07 Å². The molecule has 3 nitrogen and oxygen atoms in total. The lowest BCUT2D eigenvalue weighted by Gasteiger charge is -2.13. The molecule has 0 bridgehead atoms. The third-order valence-electron chi connectivity index (χ3n) is 3.13. The van der Waals surface area contributed by atoms with Gasteiger partial charge in [-0.15, -0.1) is 0 Å². The predicted octanol–water partition coefficient (Wildman–Crippen LogP) is 2.86. The second-order valence-corrected chi connectivity index (χ2v) is 4.72. The van der Waals surface area contributed by atoms with Crippen molar-refractivity contribution in [3.05, 3.63) is 65.7 Å². The Morgan fingerprint density at radius 2 is 1.67 bits per heavy atom. The van der Waals surface area contributed by atoms with Gasteiger partial charge in [0.25, 0.3) is 0 Å². The molecule has 0 aromatic heterocycles. The maximum atomic E-state index is 13.4. The molecule has 110 valence electrons. The van der Waals surface area contributed by atoms with Crippen LogP contribution < -0.4 is 11.1 Å². The Hall–Kier alpha value is -2.27. The van der Waals surface area contributed by atoms with Crippen molar-refractivity contribution in [2.45, 2.75) is 18.9 Å². The molecule has 0 aliphatic carbocycles. The van der Waals surface area contributed by atoms with Gasteiger partial charge in [-0.2, -0.15) is 0 Å². The zero-order valence-corrected chi connectivity index (χ0v) is 11.4. The number of rotatable bonds is 5. The molecule has 2 aromatic carbocycles. The van der Waals surface area contributed by atoms with Crippen LogP contribution in [-0.4, -0.2) is 11.9 Å². The van der Waals surface area contributed by atoms with Crippen LogP contribution in [0, 0.1) is 11.6 Å². The summed E-state index contributed by atoms with van der Waals surface area (Å²) in [6, 6.07) is 12.1. The minimum atomic E-state index is -0.829. The van der Waals surface area contributed by atoms with Crippen LogP contribution in [0.1, 0.15) is 12.0 Å². The van der Waals surface area contributed by atoms with E-state index in [1.54, 1.807) is 0 Å². The van der Waals surface area contributed by atoms with Crippen LogP contribution in [0.4, 0.5) is 14.5 Å². The average molecular weight is 290 g/mol. The Kier molecular flexibility index (Phi) is 5.00. The van der Waals surface area contributed by atoms with Crippen LogP contribution in [0.2, 0.25) is 0 Å². The summed E-state index contributed by atoms with van der Waals surface area (Å²) in [5.74, 6) is -2.24. The van der Waals surface area contributed by atoms with Gasteiger partial charge in [0.2, 0.25) is 5.91 Å². The smallest absolute Gasteiger partial charge is 0.241 e. The standard InChI is InChI=1S/C16H16F2N2O/c17-12-7-4-8-13(18)15(12)20-16(21)14(19)10-9-11-5-2-1-3-6-11/h1-8,14H,9-10,19H2,(H,20,21)/t14-/m0/s1. The van der Waals surface area contributed by atoms with Crippen molar-refractivity contribution in [2.24, 2.45) is 5.73 Å². The SMILES string of the molecule is N[C@@H](CCc1ccccc1)C(=O)Nc1c(F)cccc1F. The summed E-state index contributed by atoms with van der Waals surface area (Å²) in [6.07, 6.45) is 1.01. The quantitative estimate of drug-likeness (QED) is 0.889. The zero-order chi connectivity index (χ0) is 15.2. The highest BCUT2D eigenvalue weighted by Gasteiger charge is 2.17. The Morgan fingerprint density at radius 1 is 1.05 bits per heavy atom. The zero-order valence-electron chi connectivity index (χ0n) is 11.4. The molecule has 21 heavy (non-hydrogen) atoms. The molecule has 1 amide bonds. The fourth-order valence-electron chi connectivity index (χ4n) is 1.93. The number of aryl methyl sites for hydroxylation is 1. The van der Waals surface area contributed by atoms with Gasteiger partial charge >= 0.3 is 0 Å². The number of anilines is 1. The number of nitrogens with one attached hydrogen (secondary N) is 1. The van der Waals surface area contributed by atoms with E-state index < -0.39 is 29.3 Å². The molecular formula is C16H16F2N2O. The summed E-state index contributed by atoms with van der Waals surface area (Å²) in [5.41, 5.74) is 6.35. The van der Waals surface area contributed by atoms with Crippen LogP contribution in [0.15, 0.2) is 48.5 Å². The number of para-hydroxylation sites is 1. The van der Waals surface area contributed by atoms with E-state index in [0.717, 1.165) is 17.7 Å². The lowest BCUT2D eigenvalue weighted by Crippen LogP contribution is -2.36. The fourth-order valence-corrected chi connectivity index (χ4v) is 1.93. The number of hydrogen-bond donors (Lipinski definition) is 2. The van der Waals surface area contributed by atoms with E-state index in [0.29, 0.717) is 12.8 Å². The first-order valence-corrected chi connectivity index (χ1v) is 6.62. The summed E-state index contributed by atoms with van der Waals surface area (Å²) < 4.78 is 26.9. The van der Waals surface area contributed by atoms with Gasteiger partial charge in [0.15, 0.2) is 0 Å². The number of nitrogens with two attached hydrogens (primary N) is 1. The van der Waals surface area contributed by atoms with Gasteiger partial charge in [-0.3, -0.25) is 4.79 Å². The van der Waals surface area contributed by atoms with Crippen molar-refractivity contribution >= 4 is 11.6 Å². The molecule has 0 fully saturated rings. The number of carbonyl (C=O) groups excluding carboxylic acids is 1. The lowest BCUT2D eigenvalue weighted by atomic mass is 10.1. The first-order valence-electron chi connectivity index (χ1n) is 6.62. The highest BCUT2D eigenvalue weighted by Crippen LogP contribution is 2.18. The monoisotopic (exact) mass is 290 g/mol. The largest absolute Gasteiger partial charge is 0.320 e. The van der Waals surface area contributed by atoms with Crippen LogP contribution in [0.25, 0.3) is 0 Å². The van der Waals surface area contributed by atoms with Crippen molar-refractivity contribution in [1.82, 2.24) is 0 Å². The molecule has 0 saturated heterocycles. The summed E-state index contributed by atoms with van der Waals surface area (Å²) in [7, 11) is 0. The van der Waals surface area contributed by atoms with Crippen LogP contribution in [0.3, 0.4) is 0 Å². The Balaban J connectivity index is 1.94. The van der Waals surface area contributed by atoms with Gasteiger partial charge in [0.1, 0.15) is 17.3 Å². The van der Waals surface area contributed by atoms with Gasteiger partial charge in [-0.25, -0.2) is 8.78 Å². The second-order valence-electron chi connectivity index (χ2n) is 4.72. The van der Waals surface area contributed by atoms with Crippen LogP contribution in [-0.2, 0) is 11.2 Å². The van der Waals surface area contributed by atoms with Gasteiger partial charge in [0, 0.05) is 0 Å². The molecule has 5 heteroatoms. The number of carbonyl (C=O) groups is 1. The van der Waals surface area contributed by atoms with Crippen molar-refractivity contribution in [3.8, 4) is 0 Å².